The van der Waals surface area contributed by atoms with E-state index in [4.69, 9.17) is 0 Å². The number of rotatable bonds is 1. The second-order valence-electron chi connectivity index (χ2n) is 4.51. The molecule has 0 aliphatic carbocycles. The maximum atomic E-state index is 11.8. The number of amides is 2. The minimum atomic E-state index is -0.662. The van der Waals surface area contributed by atoms with Gasteiger partial charge in [0, 0.05) is 18.3 Å². The molecular formula is C13H14BrN3O2S. The molecule has 1 atom stereocenters. The molecule has 0 saturated carbocycles. The number of benzene rings is 1. The molecule has 7 heteroatoms. The molecule has 0 radical (unpaired) electrons. The van der Waals surface area contributed by atoms with Gasteiger partial charge in [0.2, 0.25) is 11.8 Å². The Bertz CT molecular complexity index is 588. The summed E-state index contributed by atoms with van der Waals surface area (Å²) in [6.45, 7) is 4.77. The molecule has 1 N–H and O–H groups in total. The lowest BCUT2D eigenvalue weighted by Gasteiger charge is -2.31. The first-order valence-electron chi connectivity index (χ1n) is 5.95. The first kappa shape index (κ1) is 15.1. The maximum absolute atomic E-state index is 11.8. The van der Waals surface area contributed by atoms with Gasteiger partial charge in [0.25, 0.3) is 0 Å². The molecule has 0 fully saturated rings. The van der Waals surface area contributed by atoms with E-state index in [9.17, 15) is 9.59 Å². The Morgan fingerprint density at radius 2 is 1.90 bits per heavy atom. The molecule has 20 heavy (non-hydrogen) atoms. The van der Waals surface area contributed by atoms with Gasteiger partial charge in [-0.1, -0.05) is 39.8 Å². The van der Waals surface area contributed by atoms with E-state index in [0.29, 0.717) is 5.17 Å². The number of nitrogens with zero attached hydrogens (tertiary/aromatic N) is 2. The van der Waals surface area contributed by atoms with Crippen molar-refractivity contribution in [2.24, 2.45) is 5.10 Å². The topological polar surface area (TPSA) is 61.8 Å². The molecule has 0 bridgehead atoms. The van der Waals surface area contributed by atoms with Crippen LogP contribution in [0.5, 0.6) is 0 Å². The molecule has 1 aromatic rings. The number of thioether (sulfide) groups is 1. The number of hydrazone groups is 1. The summed E-state index contributed by atoms with van der Waals surface area (Å²) in [6.07, 6.45) is 0. The highest BCUT2D eigenvalue weighted by Crippen LogP contribution is 2.45. The van der Waals surface area contributed by atoms with Crippen molar-refractivity contribution in [1.82, 2.24) is 10.3 Å². The number of carbonyl (C=O) groups is 2. The predicted octanol–water partition coefficient (Wildman–Crippen LogP) is 2.62. The molecule has 0 spiro atoms. The SMILES string of the molecule is CC(=O)NC1=NN(C(C)=O)[C@@](C)(c2ccc(Br)cc2)S1. The minimum Gasteiger partial charge on any atom is -0.304 e. The van der Waals surface area contributed by atoms with Crippen LogP contribution in [0.2, 0.25) is 0 Å². The summed E-state index contributed by atoms with van der Waals surface area (Å²) in [5.41, 5.74) is 0.935. The van der Waals surface area contributed by atoms with Crippen LogP contribution in [0.4, 0.5) is 0 Å². The van der Waals surface area contributed by atoms with Gasteiger partial charge in [-0.3, -0.25) is 9.59 Å². The third-order valence-corrected chi connectivity index (χ3v) is 4.56. The molecule has 2 amide bonds. The number of nitrogens with one attached hydrogen (secondary N) is 1. The Labute approximate surface area is 129 Å². The number of hydrogen-bond donors (Lipinski definition) is 1. The molecule has 5 nitrogen and oxygen atoms in total. The molecular weight excluding hydrogens is 342 g/mol. The summed E-state index contributed by atoms with van der Waals surface area (Å²) in [7, 11) is 0. The van der Waals surface area contributed by atoms with Crippen LogP contribution in [0.25, 0.3) is 0 Å². The van der Waals surface area contributed by atoms with Crippen LogP contribution < -0.4 is 5.32 Å². The second-order valence-corrected chi connectivity index (χ2v) is 6.81. The monoisotopic (exact) mass is 355 g/mol. The van der Waals surface area contributed by atoms with Crippen LogP contribution >= 0.6 is 27.7 Å². The van der Waals surface area contributed by atoms with Gasteiger partial charge in [-0.05, 0) is 24.6 Å². The fourth-order valence-corrected chi connectivity index (χ4v) is 3.42. The minimum absolute atomic E-state index is 0.178. The zero-order valence-electron chi connectivity index (χ0n) is 11.3. The van der Waals surface area contributed by atoms with E-state index < -0.39 is 4.87 Å². The number of amidine groups is 1. The summed E-state index contributed by atoms with van der Waals surface area (Å²) in [5, 5.41) is 8.66. The van der Waals surface area contributed by atoms with Gasteiger partial charge in [-0.15, -0.1) is 5.10 Å². The van der Waals surface area contributed by atoms with Crippen LogP contribution in [-0.4, -0.2) is 22.0 Å². The lowest BCUT2D eigenvalue weighted by atomic mass is 10.1. The van der Waals surface area contributed by atoms with Crippen molar-refractivity contribution < 1.29 is 9.59 Å². The van der Waals surface area contributed by atoms with Gasteiger partial charge < -0.3 is 5.32 Å². The quantitative estimate of drug-likeness (QED) is 0.842. The number of carbonyl (C=O) groups excluding carboxylic acids is 2. The van der Waals surface area contributed by atoms with Crippen molar-refractivity contribution >= 4 is 44.7 Å². The van der Waals surface area contributed by atoms with E-state index in [1.807, 2.05) is 31.2 Å². The fraction of sp³-hybridized carbons (Fsp3) is 0.308. The van der Waals surface area contributed by atoms with Crippen LogP contribution in [0.15, 0.2) is 33.8 Å². The van der Waals surface area contributed by atoms with Gasteiger partial charge in [0.1, 0.15) is 4.87 Å². The summed E-state index contributed by atoms with van der Waals surface area (Å²) in [6, 6.07) is 7.68. The predicted molar refractivity (Wildman–Crippen MR) is 82.9 cm³/mol. The first-order chi connectivity index (χ1) is 9.33. The third kappa shape index (κ3) is 2.88. The van der Waals surface area contributed by atoms with E-state index in [1.54, 1.807) is 0 Å². The fourth-order valence-electron chi connectivity index (χ4n) is 1.95. The van der Waals surface area contributed by atoms with Crippen LogP contribution in [-0.2, 0) is 14.5 Å². The van der Waals surface area contributed by atoms with Gasteiger partial charge in [0.15, 0.2) is 5.17 Å². The Kier molecular flexibility index (Phi) is 4.19. The zero-order valence-corrected chi connectivity index (χ0v) is 13.7. The van der Waals surface area contributed by atoms with E-state index in [0.717, 1.165) is 10.0 Å². The largest absolute Gasteiger partial charge is 0.304 e. The van der Waals surface area contributed by atoms with Gasteiger partial charge in [0.05, 0.1) is 0 Å². The summed E-state index contributed by atoms with van der Waals surface area (Å²) < 4.78 is 0.963. The highest BCUT2D eigenvalue weighted by atomic mass is 79.9. The molecule has 106 valence electrons. The average Bonchev–Trinajstić information content (AvgIpc) is 2.67. The Hall–Kier alpha value is -1.34. The molecule has 1 aliphatic heterocycles. The van der Waals surface area contributed by atoms with Crippen LogP contribution in [0, 0.1) is 0 Å². The third-order valence-electron chi connectivity index (χ3n) is 2.85. The van der Waals surface area contributed by atoms with Crippen molar-refractivity contribution in [3.8, 4) is 0 Å². The Morgan fingerprint density at radius 3 is 2.40 bits per heavy atom. The van der Waals surface area contributed by atoms with E-state index in [2.05, 4.69) is 26.3 Å². The van der Waals surface area contributed by atoms with Gasteiger partial charge >= 0.3 is 0 Å². The summed E-state index contributed by atoms with van der Waals surface area (Å²) in [5.74, 6) is -0.386. The highest BCUT2D eigenvalue weighted by Gasteiger charge is 2.43. The maximum Gasteiger partial charge on any atom is 0.241 e. The second kappa shape index (κ2) is 5.57. The normalized spacial score (nSPS) is 21.6. The smallest absolute Gasteiger partial charge is 0.241 e. The van der Waals surface area contributed by atoms with Crippen molar-refractivity contribution in [3.63, 3.8) is 0 Å². The van der Waals surface area contributed by atoms with Crippen molar-refractivity contribution in [3.05, 3.63) is 34.3 Å². The van der Waals surface area contributed by atoms with Gasteiger partial charge in [-0.25, -0.2) is 5.01 Å². The molecule has 0 aromatic heterocycles. The molecule has 1 heterocycles. The van der Waals surface area contributed by atoms with Crippen molar-refractivity contribution in [2.75, 3.05) is 0 Å². The average molecular weight is 356 g/mol. The summed E-state index contributed by atoms with van der Waals surface area (Å²) >= 11 is 4.73. The standard InChI is InChI=1S/C13H14BrN3O2S/c1-8(18)15-12-16-17(9(2)19)13(3,20-12)10-4-6-11(14)7-5-10/h4-7H,1-3H3,(H,15,16,18)/t13-/m1/s1. The lowest BCUT2D eigenvalue weighted by molar-refractivity contribution is -0.131. The zero-order chi connectivity index (χ0) is 14.9. The lowest BCUT2D eigenvalue weighted by Crippen LogP contribution is -2.37. The molecule has 0 saturated heterocycles. The number of hydrogen-bond acceptors (Lipinski definition) is 4. The van der Waals surface area contributed by atoms with E-state index >= 15 is 0 Å². The Morgan fingerprint density at radius 1 is 1.30 bits per heavy atom. The van der Waals surface area contributed by atoms with E-state index in [-0.39, 0.29) is 11.8 Å². The molecule has 1 aliphatic rings. The Balaban J connectivity index is 2.37. The van der Waals surface area contributed by atoms with Crippen LogP contribution in [0.1, 0.15) is 26.3 Å². The molecule has 0 unspecified atom stereocenters. The summed E-state index contributed by atoms with van der Waals surface area (Å²) in [4.78, 5) is 22.3. The van der Waals surface area contributed by atoms with Crippen molar-refractivity contribution in [1.29, 1.82) is 0 Å². The van der Waals surface area contributed by atoms with Gasteiger partial charge in [-0.2, -0.15) is 0 Å². The van der Waals surface area contributed by atoms with E-state index in [1.165, 1.54) is 30.6 Å². The molecule has 1 aromatic carbocycles. The van der Waals surface area contributed by atoms with Crippen LogP contribution in [0.3, 0.4) is 0 Å². The molecule has 2 rings (SSSR count). The van der Waals surface area contributed by atoms with Crippen molar-refractivity contribution in [2.45, 2.75) is 25.6 Å². The number of halogens is 1. The highest BCUT2D eigenvalue weighted by molar-refractivity contribution is 9.10. The first-order valence-corrected chi connectivity index (χ1v) is 7.56.